The van der Waals surface area contributed by atoms with Gasteiger partial charge in [0.05, 0.1) is 12.8 Å². The molecule has 0 atom stereocenters. The first-order valence-corrected chi connectivity index (χ1v) is 9.36. The van der Waals surface area contributed by atoms with Gasteiger partial charge in [0.15, 0.2) is 11.6 Å². The van der Waals surface area contributed by atoms with E-state index < -0.39 is 5.82 Å². The van der Waals surface area contributed by atoms with Crippen LogP contribution in [-0.2, 0) is 19.5 Å². The first-order valence-electron chi connectivity index (χ1n) is 9.36. The van der Waals surface area contributed by atoms with Gasteiger partial charge in [0.2, 0.25) is 0 Å². The first-order chi connectivity index (χ1) is 13.1. The highest BCUT2D eigenvalue weighted by atomic mass is 19.1. The average Bonchev–Trinajstić information content (AvgIpc) is 3.17. The van der Waals surface area contributed by atoms with Gasteiger partial charge in [0.25, 0.3) is 5.56 Å². The summed E-state index contributed by atoms with van der Waals surface area (Å²) in [4.78, 5) is 12.9. The number of aliphatic hydroxyl groups excluding tert-OH is 1. The van der Waals surface area contributed by atoms with Crippen LogP contribution in [0.15, 0.2) is 23.0 Å². The number of halogens is 1. The summed E-state index contributed by atoms with van der Waals surface area (Å²) in [6.45, 7) is 0.441. The molecule has 2 aromatic rings. The van der Waals surface area contributed by atoms with Gasteiger partial charge >= 0.3 is 0 Å². The minimum absolute atomic E-state index is 0.0486. The molecule has 3 N–H and O–H groups in total. The number of nitrogens with two attached hydrogens (primary N) is 1. The minimum Gasteiger partial charge on any atom is -0.494 e. The van der Waals surface area contributed by atoms with E-state index in [0.717, 1.165) is 12.8 Å². The molecule has 0 radical (unpaired) electrons. The molecule has 1 aromatic carbocycles. The second-order valence-corrected chi connectivity index (χ2v) is 6.97. The summed E-state index contributed by atoms with van der Waals surface area (Å²) in [5.74, 6) is 0.0559. The molecule has 0 unspecified atom stereocenters. The molecule has 0 aliphatic heterocycles. The Bertz CT molecular complexity index is 860. The monoisotopic (exact) mass is 375 g/mol. The van der Waals surface area contributed by atoms with Crippen LogP contribution >= 0.6 is 0 Å². The smallest absolute Gasteiger partial charge is 0.271 e. The SMILES string of the molecule is COc1ccc(-c2nn(CC3CCCC3)c(=O)c(CN)c2CCO)cc1F. The summed E-state index contributed by atoms with van der Waals surface area (Å²) in [6, 6.07) is 4.58. The number of nitrogens with zero attached hydrogens (tertiary/aromatic N) is 2. The van der Waals surface area contributed by atoms with Gasteiger partial charge in [-0.3, -0.25) is 4.79 Å². The van der Waals surface area contributed by atoms with Crippen molar-refractivity contribution in [2.24, 2.45) is 11.7 Å². The zero-order valence-corrected chi connectivity index (χ0v) is 15.6. The molecule has 1 fully saturated rings. The fourth-order valence-corrected chi connectivity index (χ4v) is 3.85. The zero-order valence-electron chi connectivity index (χ0n) is 15.6. The molecular formula is C20H26FN3O3. The van der Waals surface area contributed by atoms with Crippen molar-refractivity contribution >= 4 is 0 Å². The Labute approximate surface area is 157 Å². The molecule has 6 nitrogen and oxygen atoms in total. The van der Waals surface area contributed by atoms with Crippen LogP contribution in [0.3, 0.4) is 0 Å². The molecule has 0 spiro atoms. The third-order valence-corrected chi connectivity index (χ3v) is 5.26. The van der Waals surface area contributed by atoms with Crippen molar-refractivity contribution in [3.05, 3.63) is 45.5 Å². The number of benzene rings is 1. The van der Waals surface area contributed by atoms with Gasteiger partial charge in [0, 0.05) is 30.8 Å². The molecule has 1 aromatic heterocycles. The van der Waals surface area contributed by atoms with E-state index in [1.165, 1.54) is 36.8 Å². The third kappa shape index (κ3) is 4.04. The predicted octanol–water partition coefficient (Wildman–Crippen LogP) is 2.24. The van der Waals surface area contributed by atoms with Crippen LogP contribution in [0.25, 0.3) is 11.3 Å². The maximum atomic E-state index is 14.2. The lowest BCUT2D eigenvalue weighted by molar-refractivity contribution is 0.298. The van der Waals surface area contributed by atoms with Gasteiger partial charge in [0.1, 0.15) is 0 Å². The topological polar surface area (TPSA) is 90.4 Å². The van der Waals surface area contributed by atoms with Crippen LogP contribution < -0.4 is 16.0 Å². The molecule has 146 valence electrons. The summed E-state index contributed by atoms with van der Waals surface area (Å²) in [5, 5.41) is 14.0. The summed E-state index contributed by atoms with van der Waals surface area (Å²) >= 11 is 0. The largest absolute Gasteiger partial charge is 0.494 e. The molecule has 3 rings (SSSR count). The summed E-state index contributed by atoms with van der Waals surface area (Å²) in [6.07, 6.45) is 4.74. The fraction of sp³-hybridized carbons (Fsp3) is 0.500. The van der Waals surface area contributed by atoms with E-state index in [-0.39, 0.29) is 30.9 Å². The lowest BCUT2D eigenvalue weighted by atomic mass is 9.99. The molecule has 1 aliphatic carbocycles. The van der Waals surface area contributed by atoms with Gasteiger partial charge in [-0.05, 0) is 48.9 Å². The number of aliphatic hydroxyl groups is 1. The highest BCUT2D eigenvalue weighted by Crippen LogP contribution is 2.29. The van der Waals surface area contributed by atoms with Crippen molar-refractivity contribution in [1.82, 2.24) is 9.78 Å². The average molecular weight is 375 g/mol. The van der Waals surface area contributed by atoms with Crippen molar-refractivity contribution < 1.29 is 14.2 Å². The van der Waals surface area contributed by atoms with Crippen LogP contribution in [-0.4, -0.2) is 28.6 Å². The first kappa shape index (κ1) is 19.5. The Hall–Kier alpha value is -2.25. The standard InChI is InChI=1S/C20H26FN3O3/c1-27-18-7-6-14(10-17(18)21)19-15(8-9-25)16(11-22)20(26)24(23-19)12-13-4-2-3-5-13/h6-7,10,13,25H,2-5,8-9,11-12,22H2,1H3. The van der Waals surface area contributed by atoms with Crippen molar-refractivity contribution in [2.45, 2.75) is 45.2 Å². The second kappa shape index (κ2) is 8.63. The van der Waals surface area contributed by atoms with Gasteiger partial charge < -0.3 is 15.6 Å². The maximum Gasteiger partial charge on any atom is 0.271 e. The molecule has 1 saturated carbocycles. The molecule has 27 heavy (non-hydrogen) atoms. The summed E-state index contributed by atoms with van der Waals surface area (Å²) in [5.41, 5.74) is 7.69. The fourth-order valence-electron chi connectivity index (χ4n) is 3.85. The van der Waals surface area contributed by atoms with E-state index in [1.807, 2.05) is 0 Å². The number of ether oxygens (including phenoxy) is 1. The van der Waals surface area contributed by atoms with Crippen molar-refractivity contribution in [3.8, 4) is 17.0 Å². The molecule has 7 heteroatoms. The molecule has 1 heterocycles. The van der Waals surface area contributed by atoms with Crippen molar-refractivity contribution in [3.63, 3.8) is 0 Å². The summed E-state index contributed by atoms with van der Waals surface area (Å²) in [7, 11) is 1.40. The number of aromatic nitrogens is 2. The van der Waals surface area contributed by atoms with E-state index in [2.05, 4.69) is 5.10 Å². The second-order valence-electron chi connectivity index (χ2n) is 6.97. The summed E-state index contributed by atoms with van der Waals surface area (Å²) < 4.78 is 20.7. The molecule has 0 saturated heterocycles. The predicted molar refractivity (Wildman–Crippen MR) is 101 cm³/mol. The minimum atomic E-state index is -0.505. The highest BCUT2D eigenvalue weighted by molar-refractivity contribution is 5.65. The van der Waals surface area contributed by atoms with Crippen LogP contribution in [0, 0.1) is 11.7 Å². The Morgan fingerprint density at radius 3 is 2.67 bits per heavy atom. The Morgan fingerprint density at radius 2 is 2.07 bits per heavy atom. The number of rotatable bonds is 7. The van der Waals surface area contributed by atoms with E-state index in [4.69, 9.17) is 10.5 Å². The molecule has 0 bridgehead atoms. The quantitative estimate of drug-likeness (QED) is 0.775. The van der Waals surface area contributed by atoms with Gasteiger partial charge in [-0.15, -0.1) is 0 Å². The number of hydrogen-bond acceptors (Lipinski definition) is 5. The van der Waals surface area contributed by atoms with E-state index >= 15 is 0 Å². The van der Waals surface area contributed by atoms with Crippen LogP contribution in [0.5, 0.6) is 5.75 Å². The van der Waals surface area contributed by atoms with E-state index in [1.54, 1.807) is 6.07 Å². The third-order valence-electron chi connectivity index (χ3n) is 5.26. The normalized spacial score (nSPS) is 14.7. The maximum absolute atomic E-state index is 14.2. The number of hydrogen-bond donors (Lipinski definition) is 2. The van der Waals surface area contributed by atoms with Gasteiger partial charge in [-0.25, -0.2) is 9.07 Å². The Kier molecular flexibility index (Phi) is 6.23. The molecule has 1 aliphatic rings. The van der Waals surface area contributed by atoms with Crippen LogP contribution in [0.4, 0.5) is 4.39 Å². The Morgan fingerprint density at radius 1 is 1.33 bits per heavy atom. The van der Waals surface area contributed by atoms with Gasteiger partial charge in [-0.1, -0.05) is 12.8 Å². The van der Waals surface area contributed by atoms with Crippen molar-refractivity contribution in [2.75, 3.05) is 13.7 Å². The molecule has 0 amide bonds. The van der Waals surface area contributed by atoms with Gasteiger partial charge in [-0.2, -0.15) is 5.10 Å². The van der Waals surface area contributed by atoms with E-state index in [9.17, 15) is 14.3 Å². The van der Waals surface area contributed by atoms with E-state index in [0.29, 0.717) is 34.8 Å². The number of methoxy groups -OCH3 is 1. The van der Waals surface area contributed by atoms with Crippen molar-refractivity contribution in [1.29, 1.82) is 0 Å². The highest BCUT2D eigenvalue weighted by Gasteiger charge is 2.22. The molecular weight excluding hydrogens is 349 g/mol. The zero-order chi connectivity index (χ0) is 19.4. The lowest BCUT2D eigenvalue weighted by Crippen LogP contribution is -2.32. The Balaban J connectivity index is 2.14. The van der Waals surface area contributed by atoms with Crippen LogP contribution in [0.1, 0.15) is 36.8 Å². The lowest BCUT2D eigenvalue weighted by Gasteiger charge is -2.18. The van der Waals surface area contributed by atoms with Crippen LogP contribution in [0.2, 0.25) is 0 Å².